The molecule has 0 bridgehead atoms. The van der Waals surface area contributed by atoms with Crippen LogP contribution in [0.5, 0.6) is 0 Å². The highest BCUT2D eigenvalue weighted by Crippen LogP contribution is 2.03. The molecule has 0 aromatic carbocycles. The molecule has 15 heavy (non-hydrogen) atoms. The molecule has 1 atom stereocenters. The summed E-state index contributed by atoms with van der Waals surface area (Å²) >= 11 is 0. The minimum absolute atomic E-state index is 0.374. The zero-order valence-corrected chi connectivity index (χ0v) is 11.0. The molecule has 5 heteroatoms. The van der Waals surface area contributed by atoms with Crippen LogP contribution in [0.1, 0.15) is 33.6 Å². The zero-order chi connectivity index (χ0) is 11.9. The minimum Gasteiger partial charge on any atom is -0.318 e. The molecular weight excluding hydrogens is 212 g/mol. The van der Waals surface area contributed by atoms with Gasteiger partial charge >= 0.3 is 0 Å². The Morgan fingerprint density at radius 3 is 2.27 bits per heavy atom. The Morgan fingerprint density at radius 1 is 1.20 bits per heavy atom. The third kappa shape index (κ3) is 6.87. The van der Waals surface area contributed by atoms with E-state index in [0.717, 1.165) is 12.8 Å². The predicted octanol–water partition coefficient (Wildman–Crippen LogP) is 0.950. The van der Waals surface area contributed by atoms with Crippen molar-refractivity contribution in [3.63, 3.8) is 0 Å². The molecular formula is C10H24N2O2S. The monoisotopic (exact) mass is 236 g/mol. The predicted molar refractivity (Wildman–Crippen MR) is 64.4 cm³/mol. The third-order valence-electron chi connectivity index (χ3n) is 2.28. The Morgan fingerprint density at radius 2 is 1.80 bits per heavy atom. The fraction of sp³-hybridized carbons (Fsp3) is 1.00. The Hall–Kier alpha value is -0.130. The summed E-state index contributed by atoms with van der Waals surface area (Å²) in [5.74, 6) is 0.629. The Bertz CT molecular complexity index is 250. The van der Waals surface area contributed by atoms with Gasteiger partial charge in [0.2, 0.25) is 10.0 Å². The van der Waals surface area contributed by atoms with Gasteiger partial charge in [0, 0.05) is 13.1 Å². The lowest BCUT2D eigenvalue weighted by atomic mass is 10.1. The van der Waals surface area contributed by atoms with Gasteiger partial charge in [0.15, 0.2) is 0 Å². The molecule has 0 saturated heterocycles. The van der Waals surface area contributed by atoms with Crippen molar-refractivity contribution in [3.05, 3.63) is 0 Å². The highest BCUT2D eigenvalue weighted by atomic mass is 32.2. The molecule has 2 N–H and O–H groups in total. The van der Waals surface area contributed by atoms with E-state index in [1.807, 2.05) is 0 Å². The summed E-state index contributed by atoms with van der Waals surface area (Å²) in [5.41, 5.74) is 0. The fourth-order valence-electron chi connectivity index (χ4n) is 1.26. The van der Waals surface area contributed by atoms with E-state index in [-0.39, 0.29) is 5.25 Å². The molecule has 0 aliphatic carbocycles. The number of hydrogen-bond donors (Lipinski definition) is 2. The summed E-state index contributed by atoms with van der Waals surface area (Å²) in [4.78, 5) is 0. The standard InChI is InChI=1S/C10H24N2O2S/c1-9(2)6-5-7-12-15(13,14)10(3)8-11-4/h9-12H,5-8H2,1-4H3. The van der Waals surface area contributed by atoms with E-state index < -0.39 is 10.0 Å². The van der Waals surface area contributed by atoms with Gasteiger partial charge in [-0.05, 0) is 32.7 Å². The molecule has 0 saturated carbocycles. The maximum Gasteiger partial charge on any atom is 0.215 e. The van der Waals surface area contributed by atoms with Crippen molar-refractivity contribution in [1.29, 1.82) is 0 Å². The van der Waals surface area contributed by atoms with E-state index in [1.165, 1.54) is 0 Å². The first-order valence-corrected chi connectivity index (χ1v) is 7.08. The van der Waals surface area contributed by atoms with Crippen LogP contribution in [-0.4, -0.2) is 33.8 Å². The lowest BCUT2D eigenvalue weighted by molar-refractivity contribution is 0.533. The second-order valence-corrected chi connectivity index (χ2v) is 6.53. The number of nitrogens with one attached hydrogen (secondary N) is 2. The zero-order valence-electron chi connectivity index (χ0n) is 10.2. The van der Waals surface area contributed by atoms with E-state index in [9.17, 15) is 8.42 Å². The van der Waals surface area contributed by atoms with Crippen LogP contribution in [0, 0.1) is 5.92 Å². The molecule has 0 aromatic rings. The van der Waals surface area contributed by atoms with Crippen molar-refractivity contribution in [2.75, 3.05) is 20.1 Å². The van der Waals surface area contributed by atoms with Gasteiger partial charge in [-0.25, -0.2) is 13.1 Å². The van der Waals surface area contributed by atoms with E-state index in [2.05, 4.69) is 23.9 Å². The molecule has 0 rings (SSSR count). The fourth-order valence-corrected chi connectivity index (χ4v) is 2.36. The summed E-state index contributed by atoms with van der Waals surface area (Å²) in [6.45, 7) is 7.02. The van der Waals surface area contributed by atoms with E-state index >= 15 is 0 Å². The average Bonchev–Trinajstić information content (AvgIpc) is 2.12. The molecule has 0 spiro atoms. The van der Waals surface area contributed by atoms with Gasteiger partial charge in [-0.3, -0.25) is 0 Å². The smallest absolute Gasteiger partial charge is 0.215 e. The van der Waals surface area contributed by atoms with Gasteiger partial charge in [-0.2, -0.15) is 0 Å². The summed E-state index contributed by atoms with van der Waals surface area (Å²) < 4.78 is 25.9. The second-order valence-electron chi connectivity index (χ2n) is 4.34. The van der Waals surface area contributed by atoms with Crippen molar-refractivity contribution < 1.29 is 8.42 Å². The first kappa shape index (κ1) is 14.9. The van der Waals surface area contributed by atoms with Gasteiger partial charge in [-0.1, -0.05) is 13.8 Å². The quantitative estimate of drug-likeness (QED) is 0.617. The molecule has 4 nitrogen and oxygen atoms in total. The topological polar surface area (TPSA) is 58.2 Å². The van der Waals surface area contributed by atoms with Crippen LogP contribution in [0.25, 0.3) is 0 Å². The van der Waals surface area contributed by atoms with Crippen LogP contribution in [0.2, 0.25) is 0 Å². The van der Waals surface area contributed by atoms with Crippen LogP contribution in [0.4, 0.5) is 0 Å². The Labute approximate surface area is 93.9 Å². The molecule has 0 aromatic heterocycles. The Kier molecular flexibility index (Phi) is 7.13. The van der Waals surface area contributed by atoms with Crippen LogP contribution >= 0.6 is 0 Å². The third-order valence-corrected chi connectivity index (χ3v) is 4.12. The van der Waals surface area contributed by atoms with Crippen LogP contribution in [0.3, 0.4) is 0 Å². The summed E-state index contributed by atoms with van der Waals surface area (Å²) in [6, 6.07) is 0. The molecule has 0 radical (unpaired) electrons. The maximum absolute atomic E-state index is 11.6. The van der Waals surface area contributed by atoms with Crippen LogP contribution in [-0.2, 0) is 10.0 Å². The van der Waals surface area contributed by atoms with Gasteiger partial charge in [0.25, 0.3) is 0 Å². The van der Waals surface area contributed by atoms with Gasteiger partial charge in [0.05, 0.1) is 5.25 Å². The molecule has 92 valence electrons. The molecule has 0 fully saturated rings. The number of rotatable bonds is 8. The first-order valence-electron chi connectivity index (χ1n) is 5.53. The van der Waals surface area contributed by atoms with Crippen molar-refractivity contribution in [2.45, 2.75) is 38.9 Å². The molecule has 0 aliphatic heterocycles. The molecule has 0 heterocycles. The van der Waals surface area contributed by atoms with Gasteiger partial charge in [-0.15, -0.1) is 0 Å². The average molecular weight is 236 g/mol. The van der Waals surface area contributed by atoms with Crippen molar-refractivity contribution >= 4 is 10.0 Å². The Balaban J connectivity index is 3.84. The maximum atomic E-state index is 11.6. The van der Waals surface area contributed by atoms with Crippen LogP contribution < -0.4 is 10.0 Å². The van der Waals surface area contributed by atoms with E-state index in [0.29, 0.717) is 19.0 Å². The largest absolute Gasteiger partial charge is 0.318 e. The minimum atomic E-state index is -3.13. The number of sulfonamides is 1. The second kappa shape index (κ2) is 7.19. The first-order chi connectivity index (χ1) is 6.90. The SMILES string of the molecule is CNCC(C)S(=O)(=O)NCCCC(C)C. The molecule has 0 aliphatic rings. The molecule has 1 unspecified atom stereocenters. The summed E-state index contributed by atoms with van der Waals surface area (Å²) in [7, 11) is -1.38. The highest BCUT2D eigenvalue weighted by Gasteiger charge is 2.18. The normalized spacial score (nSPS) is 14.5. The molecule has 0 amide bonds. The van der Waals surface area contributed by atoms with Crippen molar-refractivity contribution in [2.24, 2.45) is 5.92 Å². The summed E-state index contributed by atoms with van der Waals surface area (Å²) in [5, 5.41) is 2.49. The lowest BCUT2D eigenvalue weighted by Gasteiger charge is -2.13. The van der Waals surface area contributed by atoms with E-state index in [1.54, 1.807) is 14.0 Å². The lowest BCUT2D eigenvalue weighted by Crippen LogP contribution is -2.38. The van der Waals surface area contributed by atoms with E-state index in [4.69, 9.17) is 0 Å². The van der Waals surface area contributed by atoms with Gasteiger partial charge in [0.1, 0.15) is 0 Å². The van der Waals surface area contributed by atoms with Gasteiger partial charge < -0.3 is 5.32 Å². The summed E-state index contributed by atoms with van der Waals surface area (Å²) in [6.07, 6.45) is 1.96. The van der Waals surface area contributed by atoms with Crippen molar-refractivity contribution in [3.8, 4) is 0 Å². The van der Waals surface area contributed by atoms with Crippen molar-refractivity contribution in [1.82, 2.24) is 10.0 Å². The highest BCUT2D eigenvalue weighted by molar-refractivity contribution is 7.90. The van der Waals surface area contributed by atoms with Crippen LogP contribution in [0.15, 0.2) is 0 Å². The number of hydrogen-bond acceptors (Lipinski definition) is 3.